The third-order valence-corrected chi connectivity index (χ3v) is 8.55. The van der Waals surface area contributed by atoms with Crippen molar-refractivity contribution in [2.75, 3.05) is 34.0 Å². The summed E-state index contributed by atoms with van der Waals surface area (Å²) in [5, 5.41) is 14.6. The van der Waals surface area contributed by atoms with Crippen LogP contribution < -0.4 is 14.8 Å². The van der Waals surface area contributed by atoms with E-state index in [9.17, 15) is 14.7 Å². The molecule has 1 saturated heterocycles. The molecular weight excluding hydrogens is 574 g/mol. The Morgan fingerprint density at radius 2 is 1.73 bits per heavy atom. The number of ketones is 1. The molecule has 5 atom stereocenters. The molecule has 1 heterocycles. The standard InChI is InChI=1S/C36H61NO8/c1-24(2)27(18-26-19-29(42-9)22-30(20-26)44-17-11-15-41-8)21-32(37-35(40)45-36(5,6)7)34(39)23-31(25(3)4)33(38)14-13-28-12-10-16-43-28/h19-20,22,24-25,27-28,31-32,34,39H,10-18,21,23H2,1-9H3,(H,37,40)/t27-,28+,31-,32-,34-/m0/s1. The summed E-state index contributed by atoms with van der Waals surface area (Å²) in [5.74, 6) is 1.66. The van der Waals surface area contributed by atoms with Gasteiger partial charge in [0.25, 0.3) is 0 Å². The second kappa shape index (κ2) is 19.3. The van der Waals surface area contributed by atoms with E-state index in [2.05, 4.69) is 19.2 Å². The van der Waals surface area contributed by atoms with Crippen molar-refractivity contribution in [3.8, 4) is 11.5 Å². The number of hydrogen-bond acceptors (Lipinski definition) is 8. The normalized spacial score (nSPS) is 18.0. The quantitative estimate of drug-likeness (QED) is 0.151. The maximum Gasteiger partial charge on any atom is 0.407 e. The molecule has 2 N–H and O–H groups in total. The van der Waals surface area contributed by atoms with E-state index in [1.165, 1.54) is 0 Å². The molecule has 0 aliphatic carbocycles. The van der Waals surface area contributed by atoms with E-state index in [1.807, 2.05) is 52.8 Å². The fraction of sp³-hybridized carbons (Fsp3) is 0.778. The number of hydrogen-bond donors (Lipinski definition) is 2. The summed E-state index contributed by atoms with van der Waals surface area (Å²) in [5.41, 5.74) is 0.361. The van der Waals surface area contributed by atoms with Crippen LogP contribution in [0.15, 0.2) is 18.2 Å². The van der Waals surface area contributed by atoms with Crippen molar-refractivity contribution < 1.29 is 38.4 Å². The summed E-state index contributed by atoms with van der Waals surface area (Å²) in [4.78, 5) is 26.4. The van der Waals surface area contributed by atoms with E-state index < -0.39 is 23.8 Å². The number of carbonyl (C=O) groups is 2. The topological polar surface area (TPSA) is 113 Å². The van der Waals surface area contributed by atoms with Gasteiger partial charge < -0.3 is 34.1 Å². The van der Waals surface area contributed by atoms with Crippen LogP contribution in [0.25, 0.3) is 0 Å². The summed E-state index contributed by atoms with van der Waals surface area (Å²) in [6.45, 7) is 15.7. The molecule has 1 aromatic rings. The molecule has 9 nitrogen and oxygen atoms in total. The minimum absolute atomic E-state index is 0.0545. The van der Waals surface area contributed by atoms with Gasteiger partial charge in [-0.2, -0.15) is 0 Å². The first-order chi connectivity index (χ1) is 21.2. The number of rotatable bonds is 20. The van der Waals surface area contributed by atoms with E-state index in [-0.39, 0.29) is 42.0 Å². The second-order valence-corrected chi connectivity index (χ2v) is 14.2. The van der Waals surface area contributed by atoms with Gasteiger partial charge >= 0.3 is 6.09 Å². The molecule has 0 unspecified atom stereocenters. The fourth-order valence-electron chi connectivity index (χ4n) is 5.89. The average Bonchev–Trinajstić information content (AvgIpc) is 3.48. The molecule has 9 heteroatoms. The number of carbonyl (C=O) groups excluding carboxylic acids is 2. The molecule has 1 aliphatic rings. The zero-order valence-corrected chi connectivity index (χ0v) is 29.4. The lowest BCUT2D eigenvalue weighted by Gasteiger charge is -2.33. The first-order valence-electron chi connectivity index (χ1n) is 16.8. The molecule has 1 fully saturated rings. The van der Waals surface area contributed by atoms with Crippen molar-refractivity contribution >= 4 is 11.9 Å². The van der Waals surface area contributed by atoms with Gasteiger partial charge in [-0.05, 0) is 94.7 Å². The number of alkyl carbamates (subject to hydrolysis) is 1. The van der Waals surface area contributed by atoms with Crippen molar-refractivity contribution in [3.05, 3.63) is 23.8 Å². The van der Waals surface area contributed by atoms with Gasteiger partial charge in [-0.3, -0.25) is 4.79 Å². The number of ether oxygens (including phenoxy) is 5. The minimum atomic E-state index is -0.928. The van der Waals surface area contributed by atoms with E-state index in [0.717, 1.165) is 37.2 Å². The largest absolute Gasteiger partial charge is 0.497 e. The number of Topliss-reactive ketones (excluding diaryl/α,β-unsaturated/α-hetero) is 1. The van der Waals surface area contributed by atoms with E-state index in [0.29, 0.717) is 44.6 Å². The highest BCUT2D eigenvalue weighted by Crippen LogP contribution is 2.31. The Morgan fingerprint density at radius 1 is 1.02 bits per heavy atom. The van der Waals surface area contributed by atoms with Gasteiger partial charge in [0, 0.05) is 45.1 Å². The zero-order valence-electron chi connectivity index (χ0n) is 29.4. The Hall–Kier alpha value is -2.36. The molecule has 0 radical (unpaired) electrons. The Bertz CT molecular complexity index is 1010. The number of amides is 1. The van der Waals surface area contributed by atoms with Crippen molar-refractivity contribution in [2.24, 2.45) is 23.7 Å². The third-order valence-electron chi connectivity index (χ3n) is 8.55. The Morgan fingerprint density at radius 3 is 2.31 bits per heavy atom. The van der Waals surface area contributed by atoms with Crippen LogP contribution in [0.5, 0.6) is 11.5 Å². The van der Waals surface area contributed by atoms with Crippen LogP contribution in [0, 0.1) is 23.7 Å². The lowest BCUT2D eigenvalue weighted by Crippen LogP contribution is -2.48. The molecule has 0 spiro atoms. The molecule has 2 rings (SSSR count). The lowest BCUT2D eigenvalue weighted by molar-refractivity contribution is -0.126. The molecule has 0 saturated carbocycles. The number of aliphatic hydroxyl groups excluding tert-OH is 1. The van der Waals surface area contributed by atoms with Crippen LogP contribution in [0.1, 0.15) is 99.0 Å². The fourth-order valence-corrected chi connectivity index (χ4v) is 5.89. The average molecular weight is 636 g/mol. The number of nitrogens with one attached hydrogen (secondary N) is 1. The lowest BCUT2D eigenvalue weighted by atomic mass is 9.79. The zero-order chi connectivity index (χ0) is 33.6. The van der Waals surface area contributed by atoms with Gasteiger partial charge in [-0.25, -0.2) is 4.79 Å². The highest BCUT2D eigenvalue weighted by molar-refractivity contribution is 5.81. The predicted molar refractivity (Wildman–Crippen MR) is 177 cm³/mol. The van der Waals surface area contributed by atoms with Gasteiger partial charge in [-0.1, -0.05) is 27.7 Å². The van der Waals surface area contributed by atoms with Gasteiger partial charge in [0.2, 0.25) is 0 Å². The Kier molecular flexibility index (Phi) is 16.7. The number of aliphatic hydroxyl groups is 1. The van der Waals surface area contributed by atoms with Crippen molar-refractivity contribution in [1.82, 2.24) is 5.32 Å². The van der Waals surface area contributed by atoms with Crippen LogP contribution in [0.3, 0.4) is 0 Å². The van der Waals surface area contributed by atoms with Crippen LogP contribution >= 0.6 is 0 Å². The second-order valence-electron chi connectivity index (χ2n) is 14.2. The smallest absolute Gasteiger partial charge is 0.407 e. The summed E-state index contributed by atoms with van der Waals surface area (Å²) < 4.78 is 28.0. The van der Waals surface area contributed by atoms with Gasteiger partial charge in [0.15, 0.2) is 0 Å². The van der Waals surface area contributed by atoms with E-state index >= 15 is 0 Å². The van der Waals surface area contributed by atoms with Crippen molar-refractivity contribution in [3.63, 3.8) is 0 Å². The first-order valence-corrected chi connectivity index (χ1v) is 16.8. The van der Waals surface area contributed by atoms with Crippen LogP contribution in [-0.2, 0) is 25.4 Å². The van der Waals surface area contributed by atoms with Gasteiger partial charge in [0.05, 0.1) is 32.0 Å². The predicted octanol–water partition coefficient (Wildman–Crippen LogP) is 6.76. The van der Waals surface area contributed by atoms with Crippen molar-refractivity contribution in [1.29, 1.82) is 0 Å². The molecule has 0 bridgehead atoms. The van der Waals surface area contributed by atoms with Crippen LogP contribution in [0.4, 0.5) is 4.79 Å². The summed E-state index contributed by atoms with van der Waals surface area (Å²) in [6, 6.07) is 5.30. The maximum atomic E-state index is 13.4. The molecule has 1 aromatic carbocycles. The molecule has 45 heavy (non-hydrogen) atoms. The number of benzene rings is 1. The summed E-state index contributed by atoms with van der Waals surface area (Å²) in [6.07, 6.45) is 4.08. The molecule has 258 valence electrons. The monoisotopic (exact) mass is 635 g/mol. The molecular formula is C36H61NO8. The highest BCUT2D eigenvalue weighted by Gasteiger charge is 2.33. The number of methoxy groups -OCH3 is 2. The van der Waals surface area contributed by atoms with Crippen LogP contribution in [0.2, 0.25) is 0 Å². The van der Waals surface area contributed by atoms with E-state index in [4.69, 9.17) is 23.7 Å². The summed E-state index contributed by atoms with van der Waals surface area (Å²) >= 11 is 0. The molecule has 1 amide bonds. The van der Waals surface area contributed by atoms with E-state index in [1.54, 1.807) is 14.2 Å². The Balaban J connectivity index is 2.24. The maximum absolute atomic E-state index is 13.4. The minimum Gasteiger partial charge on any atom is -0.497 e. The first kappa shape index (κ1) is 38.8. The molecule has 1 aliphatic heterocycles. The van der Waals surface area contributed by atoms with Crippen LogP contribution in [-0.4, -0.2) is 74.9 Å². The Labute approximate surface area is 272 Å². The highest BCUT2D eigenvalue weighted by atomic mass is 16.6. The SMILES string of the molecule is COCCCOc1cc(C[C@@H](C[C@H](NC(=O)OC(C)(C)C)[C@@H](O)C[C@H](C(=O)CC[C@H]2CCCO2)C(C)C)C(C)C)cc(OC)c1. The molecule has 0 aromatic heterocycles. The third kappa shape index (κ3) is 14.7. The van der Waals surface area contributed by atoms with Gasteiger partial charge in [-0.15, -0.1) is 0 Å². The summed E-state index contributed by atoms with van der Waals surface area (Å²) in [7, 11) is 3.31. The van der Waals surface area contributed by atoms with Crippen molar-refractivity contribution in [2.45, 2.75) is 124 Å². The van der Waals surface area contributed by atoms with Gasteiger partial charge in [0.1, 0.15) is 22.9 Å².